The van der Waals surface area contributed by atoms with Gasteiger partial charge in [-0.2, -0.15) is 0 Å². The van der Waals surface area contributed by atoms with Gasteiger partial charge in [0.25, 0.3) is 0 Å². The molecule has 2 heterocycles. The number of aryl methyl sites for hydroxylation is 2. The highest BCUT2D eigenvalue weighted by Gasteiger charge is 2.26. The van der Waals surface area contributed by atoms with Gasteiger partial charge in [0.05, 0.1) is 10.8 Å². The first-order chi connectivity index (χ1) is 14.0. The molecule has 0 atom stereocenters. The van der Waals surface area contributed by atoms with Gasteiger partial charge in [0.1, 0.15) is 0 Å². The molecule has 30 heavy (non-hydrogen) atoms. The lowest BCUT2D eigenvalue weighted by molar-refractivity contribution is -0.148. The molecular weight excluding hydrogens is 416 g/mol. The summed E-state index contributed by atoms with van der Waals surface area (Å²) >= 11 is 3.50. The van der Waals surface area contributed by atoms with E-state index < -0.39 is 22.8 Å². The van der Waals surface area contributed by atoms with E-state index in [4.69, 9.17) is 0 Å². The Balaban J connectivity index is 1.82. The molecule has 2 aromatic rings. The molecule has 0 spiro atoms. The molecule has 4 nitrogen and oxygen atoms in total. The number of carbonyl (C=O) groups is 2. The first kappa shape index (κ1) is 24.4. The standard InChI is InChI=1S/C24H32O4S2/c1-23(2,21(25)26)15-5-7-17-9-11-19(29-17)13-14-20-12-10-18(30-20)8-6-16-24(3,4)22(27)28/h9-14H,5-8,15-16H2,1-4H3,(H,25,26)(H,27,28)/b14-13+. The van der Waals surface area contributed by atoms with Crippen LogP contribution >= 0.6 is 22.7 Å². The third kappa shape index (κ3) is 7.40. The summed E-state index contributed by atoms with van der Waals surface area (Å²) in [5.41, 5.74) is -1.33. The Hall–Kier alpha value is -1.92. The zero-order valence-corrected chi connectivity index (χ0v) is 19.9. The van der Waals surface area contributed by atoms with Crippen molar-refractivity contribution < 1.29 is 19.8 Å². The van der Waals surface area contributed by atoms with Crippen molar-refractivity contribution in [2.75, 3.05) is 0 Å². The van der Waals surface area contributed by atoms with Crippen LogP contribution in [0.5, 0.6) is 0 Å². The summed E-state index contributed by atoms with van der Waals surface area (Å²) < 4.78 is 0. The lowest BCUT2D eigenvalue weighted by Crippen LogP contribution is -2.23. The van der Waals surface area contributed by atoms with Crippen molar-refractivity contribution in [2.45, 2.75) is 66.2 Å². The van der Waals surface area contributed by atoms with Gasteiger partial charge in [-0.3, -0.25) is 9.59 Å². The maximum absolute atomic E-state index is 11.2. The summed E-state index contributed by atoms with van der Waals surface area (Å²) in [4.78, 5) is 27.3. The molecule has 0 aliphatic heterocycles. The number of thiophene rings is 2. The van der Waals surface area contributed by atoms with E-state index in [0.29, 0.717) is 12.8 Å². The van der Waals surface area contributed by atoms with E-state index in [0.717, 1.165) is 25.7 Å². The van der Waals surface area contributed by atoms with Crippen molar-refractivity contribution >= 4 is 46.8 Å². The molecule has 0 amide bonds. The fourth-order valence-electron chi connectivity index (χ4n) is 3.02. The van der Waals surface area contributed by atoms with E-state index in [1.54, 1.807) is 50.4 Å². The highest BCUT2D eigenvalue weighted by atomic mass is 32.1. The van der Waals surface area contributed by atoms with Crippen LogP contribution in [0.1, 0.15) is 72.9 Å². The van der Waals surface area contributed by atoms with Crippen molar-refractivity contribution in [1.29, 1.82) is 0 Å². The van der Waals surface area contributed by atoms with E-state index >= 15 is 0 Å². The van der Waals surface area contributed by atoms with Gasteiger partial charge in [0.15, 0.2) is 0 Å². The van der Waals surface area contributed by atoms with Crippen LogP contribution in [0.25, 0.3) is 12.2 Å². The topological polar surface area (TPSA) is 74.6 Å². The normalized spacial score (nSPS) is 12.5. The monoisotopic (exact) mass is 448 g/mol. The molecule has 0 saturated heterocycles. The smallest absolute Gasteiger partial charge is 0.309 e. The fourth-order valence-corrected chi connectivity index (χ4v) is 4.94. The zero-order chi connectivity index (χ0) is 22.4. The molecule has 0 radical (unpaired) electrons. The van der Waals surface area contributed by atoms with Gasteiger partial charge in [0, 0.05) is 19.5 Å². The minimum Gasteiger partial charge on any atom is -0.481 e. The SMILES string of the molecule is CC(C)(CCCc1ccc(/C=C/c2ccc(CCCC(C)(C)C(=O)O)s2)s1)C(=O)O. The average molecular weight is 449 g/mol. The van der Waals surface area contributed by atoms with Gasteiger partial charge < -0.3 is 10.2 Å². The van der Waals surface area contributed by atoms with Crippen molar-refractivity contribution in [1.82, 2.24) is 0 Å². The number of carboxylic acid groups (broad SMARTS) is 2. The predicted molar refractivity (Wildman–Crippen MR) is 126 cm³/mol. The van der Waals surface area contributed by atoms with Gasteiger partial charge >= 0.3 is 11.9 Å². The third-order valence-corrected chi connectivity index (χ3v) is 7.61. The van der Waals surface area contributed by atoms with Crippen LogP contribution < -0.4 is 0 Å². The zero-order valence-electron chi connectivity index (χ0n) is 18.2. The van der Waals surface area contributed by atoms with E-state index in [2.05, 4.69) is 36.4 Å². The lowest BCUT2D eigenvalue weighted by Gasteiger charge is -2.18. The van der Waals surface area contributed by atoms with Crippen LogP contribution in [0.3, 0.4) is 0 Å². The van der Waals surface area contributed by atoms with E-state index in [1.807, 2.05) is 0 Å². The first-order valence-corrected chi connectivity index (χ1v) is 12.0. The Labute approximate surface area is 187 Å². The average Bonchev–Trinajstić information content (AvgIpc) is 3.29. The predicted octanol–water partition coefficient (Wildman–Crippen LogP) is 6.85. The maximum Gasteiger partial charge on any atom is 0.309 e. The molecule has 2 N–H and O–H groups in total. The highest BCUT2D eigenvalue weighted by Crippen LogP contribution is 2.28. The second-order valence-corrected chi connectivity index (χ2v) is 11.4. The molecule has 2 rings (SSSR count). The van der Waals surface area contributed by atoms with Crippen LogP contribution in [0, 0.1) is 10.8 Å². The second-order valence-electron chi connectivity index (χ2n) is 9.03. The van der Waals surface area contributed by atoms with Crippen LogP contribution in [0.4, 0.5) is 0 Å². The van der Waals surface area contributed by atoms with E-state index in [-0.39, 0.29) is 0 Å². The molecule has 0 fully saturated rings. The van der Waals surface area contributed by atoms with Crippen molar-refractivity contribution in [2.24, 2.45) is 10.8 Å². The van der Waals surface area contributed by atoms with Crippen LogP contribution in [-0.2, 0) is 22.4 Å². The van der Waals surface area contributed by atoms with Gasteiger partial charge in [-0.1, -0.05) is 0 Å². The summed E-state index contributed by atoms with van der Waals surface area (Å²) in [6.45, 7) is 7.11. The number of rotatable bonds is 12. The molecule has 164 valence electrons. The van der Waals surface area contributed by atoms with Gasteiger partial charge in [0.2, 0.25) is 0 Å². The Morgan fingerprint density at radius 1 is 0.767 bits per heavy atom. The summed E-state index contributed by atoms with van der Waals surface area (Å²) in [5, 5.41) is 18.4. The van der Waals surface area contributed by atoms with Crippen molar-refractivity contribution in [3.8, 4) is 0 Å². The van der Waals surface area contributed by atoms with Crippen LogP contribution in [0.15, 0.2) is 24.3 Å². The van der Waals surface area contributed by atoms with E-state index in [9.17, 15) is 19.8 Å². The second kappa shape index (κ2) is 10.4. The van der Waals surface area contributed by atoms with Gasteiger partial charge in [-0.05, 0) is 103 Å². The van der Waals surface area contributed by atoms with Gasteiger partial charge in [-0.25, -0.2) is 0 Å². The number of aliphatic carboxylic acids is 2. The van der Waals surface area contributed by atoms with Crippen molar-refractivity contribution in [3.05, 3.63) is 43.8 Å². The summed E-state index contributed by atoms with van der Waals surface area (Å²) in [6, 6.07) is 8.48. The summed E-state index contributed by atoms with van der Waals surface area (Å²) in [6.07, 6.45) is 9.15. The molecule has 0 saturated carbocycles. The van der Waals surface area contributed by atoms with Crippen LogP contribution in [0.2, 0.25) is 0 Å². The molecule has 0 aliphatic rings. The lowest BCUT2D eigenvalue weighted by atomic mass is 9.87. The Kier molecular flexibility index (Phi) is 8.44. The highest BCUT2D eigenvalue weighted by molar-refractivity contribution is 7.13. The number of hydrogen-bond acceptors (Lipinski definition) is 4. The first-order valence-electron chi connectivity index (χ1n) is 10.3. The largest absolute Gasteiger partial charge is 0.481 e. The number of hydrogen-bond donors (Lipinski definition) is 2. The molecule has 2 aromatic heterocycles. The molecular formula is C24H32O4S2. The summed E-state index contributed by atoms with van der Waals surface area (Å²) in [5.74, 6) is -1.48. The Morgan fingerprint density at radius 3 is 1.47 bits per heavy atom. The van der Waals surface area contributed by atoms with Crippen molar-refractivity contribution in [3.63, 3.8) is 0 Å². The summed E-state index contributed by atoms with van der Waals surface area (Å²) in [7, 11) is 0. The third-order valence-electron chi connectivity index (χ3n) is 5.38. The van der Waals surface area contributed by atoms with E-state index in [1.165, 1.54) is 19.5 Å². The molecule has 0 bridgehead atoms. The van der Waals surface area contributed by atoms with Gasteiger partial charge in [-0.15, -0.1) is 22.7 Å². The maximum atomic E-state index is 11.2. The van der Waals surface area contributed by atoms with Crippen LogP contribution in [-0.4, -0.2) is 22.2 Å². The Morgan fingerprint density at radius 2 is 1.13 bits per heavy atom. The number of carboxylic acids is 2. The Bertz CT molecular complexity index is 814. The molecule has 0 unspecified atom stereocenters. The minimum absolute atomic E-state index is 0.666. The molecule has 0 aliphatic carbocycles. The molecule has 0 aromatic carbocycles. The minimum atomic E-state index is -0.738. The fraction of sp³-hybridized carbons (Fsp3) is 0.500. The molecule has 6 heteroatoms. The quantitative estimate of drug-likeness (QED) is 0.372.